The van der Waals surface area contributed by atoms with Crippen LogP contribution in [0.4, 0.5) is 10.2 Å². The lowest BCUT2D eigenvalue weighted by Crippen LogP contribution is -2.32. The van der Waals surface area contributed by atoms with Crippen molar-refractivity contribution in [2.45, 2.75) is 19.4 Å². The van der Waals surface area contributed by atoms with E-state index in [0.717, 1.165) is 30.2 Å². The molecule has 4 aromatic rings. The molecule has 8 nitrogen and oxygen atoms in total. The minimum Gasteiger partial charge on any atom is -0.497 e. The monoisotopic (exact) mass is 471 g/mol. The van der Waals surface area contributed by atoms with Crippen LogP contribution in [0.5, 0.6) is 17.4 Å². The molecular formula is C26H22FN5O3. The molecule has 1 saturated carbocycles. The van der Waals surface area contributed by atoms with Gasteiger partial charge in [0.2, 0.25) is 11.8 Å². The molecule has 0 N–H and O–H groups in total. The number of anilines is 1. The van der Waals surface area contributed by atoms with Gasteiger partial charge in [0, 0.05) is 19.0 Å². The molecule has 2 heterocycles. The van der Waals surface area contributed by atoms with Crippen LogP contribution in [0.25, 0.3) is 11.0 Å². The molecule has 2 aromatic carbocycles. The zero-order valence-corrected chi connectivity index (χ0v) is 19.2. The van der Waals surface area contributed by atoms with Crippen molar-refractivity contribution in [2.24, 2.45) is 13.0 Å². The number of amides is 1. The Balaban J connectivity index is 1.57. The highest BCUT2D eigenvalue weighted by molar-refractivity contribution is 6.02. The molecule has 1 fully saturated rings. The third kappa shape index (κ3) is 4.51. The molecule has 1 aliphatic carbocycles. The lowest BCUT2D eigenvalue weighted by atomic mass is 10.2. The van der Waals surface area contributed by atoms with Gasteiger partial charge in [0.05, 0.1) is 37.1 Å². The van der Waals surface area contributed by atoms with Crippen LogP contribution in [0.15, 0.2) is 54.9 Å². The average Bonchev–Trinajstić information content (AvgIpc) is 3.66. The Morgan fingerprint density at radius 1 is 1.23 bits per heavy atom. The van der Waals surface area contributed by atoms with Crippen LogP contribution in [-0.4, -0.2) is 27.6 Å². The summed E-state index contributed by atoms with van der Waals surface area (Å²) in [7, 11) is 3.42. The smallest absolute Gasteiger partial charge is 0.231 e. The van der Waals surface area contributed by atoms with Crippen molar-refractivity contribution < 1.29 is 18.7 Å². The fraction of sp³-hybridized carbons (Fsp3) is 0.231. The van der Waals surface area contributed by atoms with Crippen LogP contribution >= 0.6 is 0 Å². The summed E-state index contributed by atoms with van der Waals surface area (Å²) in [5, 5.41) is 8.99. The maximum atomic E-state index is 14.5. The van der Waals surface area contributed by atoms with Gasteiger partial charge in [-0.3, -0.25) is 9.69 Å². The number of methoxy groups -OCH3 is 1. The van der Waals surface area contributed by atoms with Crippen molar-refractivity contribution in [3.05, 3.63) is 71.8 Å². The van der Waals surface area contributed by atoms with Gasteiger partial charge in [-0.1, -0.05) is 12.1 Å². The number of hydrogen-bond donors (Lipinski definition) is 0. The van der Waals surface area contributed by atoms with E-state index in [4.69, 9.17) is 14.7 Å². The Bertz CT molecular complexity index is 1450. The van der Waals surface area contributed by atoms with Crippen LogP contribution in [0.1, 0.15) is 24.0 Å². The van der Waals surface area contributed by atoms with E-state index >= 15 is 0 Å². The minimum atomic E-state index is -0.679. The number of aromatic nitrogens is 3. The van der Waals surface area contributed by atoms with Crippen LogP contribution in [0, 0.1) is 23.1 Å². The second-order valence-electron chi connectivity index (χ2n) is 8.41. The fourth-order valence-corrected chi connectivity index (χ4v) is 3.82. The van der Waals surface area contributed by atoms with Crippen molar-refractivity contribution in [3.63, 3.8) is 0 Å². The van der Waals surface area contributed by atoms with Crippen molar-refractivity contribution in [3.8, 4) is 23.4 Å². The molecule has 176 valence electrons. The highest BCUT2D eigenvalue weighted by atomic mass is 19.1. The van der Waals surface area contributed by atoms with Gasteiger partial charge in [-0.05, 0) is 48.7 Å². The number of carbonyl (C=O) groups is 1. The van der Waals surface area contributed by atoms with Crippen molar-refractivity contribution in [1.29, 1.82) is 5.26 Å². The Labute approximate surface area is 201 Å². The zero-order chi connectivity index (χ0) is 24.5. The predicted molar refractivity (Wildman–Crippen MR) is 127 cm³/mol. The van der Waals surface area contributed by atoms with E-state index in [2.05, 4.69) is 9.97 Å². The number of ether oxygens (including phenoxy) is 2. The number of carbonyl (C=O) groups excluding carboxylic acids is 1. The SMILES string of the molecule is COc1ccc(CN(C(=O)C2CC2)c2nc(Oc3ccc(C#N)cc3F)cc3c2ncn3C)cc1. The fourth-order valence-electron chi connectivity index (χ4n) is 3.82. The molecule has 5 rings (SSSR count). The Hall–Kier alpha value is -4.45. The number of fused-ring (bicyclic) bond motifs is 1. The highest BCUT2D eigenvalue weighted by Gasteiger charge is 2.36. The number of pyridine rings is 1. The number of nitrogens with zero attached hydrogens (tertiary/aromatic N) is 5. The normalized spacial score (nSPS) is 12.9. The number of halogens is 1. The standard InChI is InChI=1S/C26H22FN5O3/c1-31-15-29-24-21(31)12-23(35-22-10-5-17(13-28)11-20(22)27)30-25(24)32(26(33)18-6-7-18)14-16-3-8-19(34-2)9-4-16/h3-5,8-12,15,18H,6-7,14H2,1-2H3. The first-order chi connectivity index (χ1) is 17.0. The van der Waals surface area contributed by atoms with Gasteiger partial charge in [0.1, 0.15) is 11.3 Å². The maximum absolute atomic E-state index is 14.5. The summed E-state index contributed by atoms with van der Waals surface area (Å²) >= 11 is 0. The van der Waals surface area contributed by atoms with Gasteiger partial charge in [-0.15, -0.1) is 0 Å². The molecule has 0 spiro atoms. The Morgan fingerprint density at radius 2 is 2.00 bits per heavy atom. The number of aryl methyl sites for hydroxylation is 1. The largest absolute Gasteiger partial charge is 0.497 e. The number of rotatable bonds is 7. The molecule has 1 amide bonds. The summed E-state index contributed by atoms with van der Waals surface area (Å²) in [5.74, 6) is 0.332. The Kier molecular flexibility index (Phi) is 5.79. The first kappa shape index (κ1) is 22.3. The van der Waals surface area contributed by atoms with Crippen molar-refractivity contribution in [2.75, 3.05) is 12.0 Å². The average molecular weight is 471 g/mol. The third-order valence-electron chi connectivity index (χ3n) is 5.89. The molecule has 9 heteroatoms. The molecule has 0 bridgehead atoms. The van der Waals surface area contributed by atoms with Gasteiger partial charge < -0.3 is 14.0 Å². The van der Waals surface area contributed by atoms with E-state index in [1.807, 2.05) is 37.4 Å². The third-order valence-corrected chi connectivity index (χ3v) is 5.89. The van der Waals surface area contributed by atoms with Crippen LogP contribution in [0.2, 0.25) is 0 Å². The van der Waals surface area contributed by atoms with E-state index < -0.39 is 5.82 Å². The first-order valence-electron chi connectivity index (χ1n) is 11.1. The summed E-state index contributed by atoms with van der Waals surface area (Å²) in [5.41, 5.74) is 2.31. The number of benzene rings is 2. The molecular weight excluding hydrogens is 449 g/mol. The quantitative estimate of drug-likeness (QED) is 0.387. The predicted octanol–water partition coefficient (Wildman–Crippen LogP) is 4.72. The van der Waals surface area contributed by atoms with Crippen molar-refractivity contribution >= 4 is 22.8 Å². The molecule has 0 saturated heterocycles. The van der Waals surface area contributed by atoms with Crippen molar-refractivity contribution in [1.82, 2.24) is 14.5 Å². The molecule has 1 aliphatic rings. The second-order valence-corrected chi connectivity index (χ2v) is 8.41. The van der Waals surface area contributed by atoms with Gasteiger partial charge in [0.15, 0.2) is 17.4 Å². The van der Waals surface area contributed by atoms with Gasteiger partial charge >= 0.3 is 0 Å². The molecule has 0 radical (unpaired) electrons. The number of nitriles is 1. The topological polar surface area (TPSA) is 93.3 Å². The molecule has 0 atom stereocenters. The van der Waals surface area contributed by atoms with E-state index in [1.165, 1.54) is 12.1 Å². The first-order valence-corrected chi connectivity index (χ1v) is 11.1. The molecule has 2 aromatic heterocycles. The van der Waals surface area contributed by atoms with E-state index in [0.29, 0.717) is 16.9 Å². The van der Waals surface area contributed by atoms with Crippen LogP contribution in [0.3, 0.4) is 0 Å². The van der Waals surface area contributed by atoms with Gasteiger partial charge in [-0.2, -0.15) is 10.2 Å². The summed E-state index contributed by atoms with van der Waals surface area (Å²) in [4.78, 5) is 24.1. The number of hydrogen-bond acceptors (Lipinski definition) is 6. The van der Waals surface area contributed by atoms with E-state index in [9.17, 15) is 9.18 Å². The van der Waals surface area contributed by atoms with E-state index in [1.54, 1.807) is 29.0 Å². The second kappa shape index (κ2) is 9.06. The summed E-state index contributed by atoms with van der Waals surface area (Å²) in [6.07, 6.45) is 3.29. The molecule has 0 unspecified atom stereocenters. The molecule has 35 heavy (non-hydrogen) atoms. The summed E-state index contributed by atoms with van der Waals surface area (Å²) in [6, 6.07) is 15.0. The van der Waals surface area contributed by atoms with Gasteiger partial charge in [0.25, 0.3) is 0 Å². The zero-order valence-electron chi connectivity index (χ0n) is 19.2. The lowest BCUT2D eigenvalue weighted by Gasteiger charge is -2.23. The van der Waals surface area contributed by atoms with Gasteiger partial charge in [-0.25, -0.2) is 9.37 Å². The van der Waals surface area contributed by atoms with Crippen LogP contribution in [-0.2, 0) is 18.4 Å². The minimum absolute atomic E-state index is 0.0398. The summed E-state index contributed by atoms with van der Waals surface area (Å²) < 4.78 is 27.3. The Morgan fingerprint density at radius 3 is 2.66 bits per heavy atom. The maximum Gasteiger partial charge on any atom is 0.231 e. The molecule has 0 aliphatic heterocycles. The van der Waals surface area contributed by atoms with Crippen LogP contribution < -0.4 is 14.4 Å². The number of imidazole rings is 1. The lowest BCUT2D eigenvalue weighted by molar-refractivity contribution is -0.119. The summed E-state index contributed by atoms with van der Waals surface area (Å²) in [6.45, 7) is 0.284. The van der Waals surface area contributed by atoms with E-state index in [-0.39, 0.29) is 35.6 Å². The highest BCUT2D eigenvalue weighted by Crippen LogP contribution is 2.37.